The molecule has 2 N–H and O–H groups in total. The van der Waals surface area contributed by atoms with Crippen LogP contribution in [0.1, 0.15) is 29.1 Å². The molecule has 0 radical (unpaired) electrons. The molecule has 3 nitrogen and oxygen atoms in total. The van der Waals surface area contributed by atoms with Crippen molar-refractivity contribution in [1.82, 2.24) is 5.32 Å². The number of aryl methyl sites for hydroxylation is 1. The van der Waals surface area contributed by atoms with Gasteiger partial charge in [0.05, 0.1) is 20.8 Å². The van der Waals surface area contributed by atoms with Gasteiger partial charge in [-0.25, -0.2) is 0 Å². The van der Waals surface area contributed by atoms with Gasteiger partial charge >= 0.3 is 0 Å². The number of hydrogen-bond donors (Lipinski definition) is 2. The van der Waals surface area contributed by atoms with Crippen molar-refractivity contribution in [3.05, 3.63) is 20.3 Å². The van der Waals surface area contributed by atoms with Gasteiger partial charge in [-0.05, 0) is 48.3 Å². The smallest absolute Gasteiger partial charge is 0.261 e. The predicted molar refractivity (Wildman–Crippen MR) is 65.4 cm³/mol. The van der Waals surface area contributed by atoms with Crippen molar-refractivity contribution in [2.24, 2.45) is 0 Å². The number of rotatable bonds is 3. The van der Waals surface area contributed by atoms with Crippen LogP contribution in [0.15, 0.2) is 9.85 Å². The lowest BCUT2D eigenvalue weighted by Crippen LogP contribution is -2.46. The molecule has 0 bridgehead atoms. The first-order valence-electron chi connectivity index (χ1n) is 4.55. The molecule has 1 heterocycles. The molecule has 1 aromatic heterocycles. The van der Waals surface area contributed by atoms with Crippen LogP contribution < -0.4 is 5.32 Å². The third-order valence-corrected chi connectivity index (χ3v) is 4.06. The number of halogens is 1. The second kappa shape index (κ2) is 4.63. The zero-order valence-corrected chi connectivity index (χ0v) is 11.3. The maximum absolute atomic E-state index is 11.8. The van der Waals surface area contributed by atoms with E-state index in [1.165, 1.54) is 11.3 Å². The molecule has 84 valence electrons. The van der Waals surface area contributed by atoms with E-state index in [1.807, 2.05) is 13.0 Å². The van der Waals surface area contributed by atoms with E-state index in [0.717, 1.165) is 9.35 Å². The van der Waals surface area contributed by atoms with Gasteiger partial charge in [0, 0.05) is 0 Å². The Morgan fingerprint density at radius 2 is 2.27 bits per heavy atom. The lowest BCUT2D eigenvalue weighted by molar-refractivity contribution is 0.0873. The molecule has 1 aromatic rings. The molecule has 15 heavy (non-hydrogen) atoms. The van der Waals surface area contributed by atoms with Crippen molar-refractivity contribution in [3.8, 4) is 0 Å². The van der Waals surface area contributed by atoms with Crippen LogP contribution in [-0.4, -0.2) is 23.2 Å². The topological polar surface area (TPSA) is 49.3 Å². The van der Waals surface area contributed by atoms with E-state index in [-0.39, 0.29) is 12.5 Å². The highest BCUT2D eigenvalue weighted by Gasteiger charge is 2.21. The molecule has 0 aliphatic rings. The Morgan fingerprint density at radius 3 is 2.67 bits per heavy atom. The number of carbonyl (C=O) groups is 1. The van der Waals surface area contributed by atoms with Gasteiger partial charge in [-0.2, -0.15) is 0 Å². The maximum atomic E-state index is 11.8. The normalized spacial score (nSPS) is 11.5. The molecule has 1 rings (SSSR count). The first-order valence-corrected chi connectivity index (χ1v) is 6.16. The SMILES string of the molecule is Cc1cc(C(=O)NC(C)(C)CO)sc1Br. The van der Waals surface area contributed by atoms with Crippen LogP contribution in [0, 0.1) is 6.92 Å². The molecule has 0 aliphatic heterocycles. The molecular weight excluding hydrogens is 278 g/mol. The summed E-state index contributed by atoms with van der Waals surface area (Å²) in [5, 5.41) is 11.8. The molecule has 0 saturated carbocycles. The van der Waals surface area contributed by atoms with Crippen LogP contribution in [0.5, 0.6) is 0 Å². The summed E-state index contributed by atoms with van der Waals surface area (Å²) < 4.78 is 0.967. The molecule has 0 atom stereocenters. The van der Waals surface area contributed by atoms with E-state index in [1.54, 1.807) is 13.8 Å². The third-order valence-electron chi connectivity index (χ3n) is 1.93. The standard InChI is InChI=1S/C10H14BrNO2S/c1-6-4-7(15-8(6)11)9(14)12-10(2,3)5-13/h4,13H,5H2,1-3H3,(H,12,14). The number of thiophene rings is 1. The highest BCUT2D eigenvalue weighted by atomic mass is 79.9. The number of aliphatic hydroxyl groups is 1. The van der Waals surface area contributed by atoms with E-state index in [0.29, 0.717) is 4.88 Å². The van der Waals surface area contributed by atoms with Crippen molar-refractivity contribution in [2.75, 3.05) is 6.61 Å². The minimum absolute atomic E-state index is 0.0791. The Labute approximate surface area is 102 Å². The summed E-state index contributed by atoms with van der Waals surface area (Å²) in [4.78, 5) is 12.4. The lowest BCUT2D eigenvalue weighted by Gasteiger charge is -2.22. The Morgan fingerprint density at radius 1 is 1.67 bits per heavy atom. The molecule has 5 heteroatoms. The van der Waals surface area contributed by atoms with Crippen LogP contribution in [-0.2, 0) is 0 Å². The number of hydrogen-bond acceptors (Lipinski definition) is 3. The largest absolute Gasteiger partial charge is 0.394 e. The summed E-state index contributed by atoms with van der Waals surface area (Å²) in [6.45, 7) is 5.42. The summed E-state index contributed by atoms with van der Waals surface area (Å²) in [6.07, 6.45) is 0. The monoisotopic (exact) mass is 291 g/mol. The van der Waals surface area contributed by atoms with E-state index < -0.39 is 5.54 Å². The highest BCUT2D eigenvalue weighted by molar-refractivity contribution is 9.11. The highest BCUT2D eigenvalue weighted by Crippen LogP contribution is 2.27. The molecule has 0 spiro atoms. The Hall–Kier alpha value is -0.390. The van der Waals surface area contributed by atoms with Gasteiger partial charge in [-0.3, -0.25) is 4.79 Å². The third kappa shape index (κ3) is 3.29. The Balaban J connectivity index is 2.78. The van der Waals surface area contributed by atoms with Crippen LogP contribution in [0.25, 0.3) is 0 Å². The van der Waals surface area contributed by atoms with Crippen molar-refractivity contribution in [1.29, 1.82) is 0 Å². The zero-order chi connectivity index (χ0) is 11.6. The molecule has 0 fully saturated rings. The number of aliphatic hydroxyl groups excluding tert-OH is 1. The van der Waals surface area contributed by atoms with Gasteiger partial charge in [0.25, 0.3) is 5.91 Å². The van der Waals surface area contributed by atoms with Gasteiger partial charge in [-0.15, -0.1) is 11.3 Å². The first-order chi connectivity index (χ1) is 6.85. The fourth-order valence-corrected chi connectivity index (χ4v) is 2.41. The fraction of sp³-hybridized carbons (Fsp3) is 0.500. The quantitative estimate of drug-likeness (QED) is 0.898. The lowest BCUT2D eigenvalue weighted by atomic mass is 10.1. The molecule has 0 saturated heterocycles. The molecular formula is C10H14BrNO2S. The fourth-order valence-electron chi connectivity index (χ4n) is 0.980. The van der Waals surface area contributed by atoms with Crippen LogP contribution in [0.2, 0.25) is 0 Å². The summed E-state index contributed by atoms with van der Waals surface area (Å²) >= 11 is 4.77. The first kappa shape index (κ1) is 12.7. The molecule has 1 amide bonds. The van der Waals surface area contributed by atoms with Gasteiger partial charge in [0.15, 0.2) is 0 Å². The van der Waals surface area contributed by atoms with Crippen molar-refractivity contribution < 1.29 is 9.90 Å². The van der Waals surface area contributed by atoms with Crippen molar-refractivity contribution >= 4 is 33.2 Å². The van der Waals surface area contributed by atoms with E-state index in [2.05, 4.69) is 21.2 Å². The van der Waals surface area contributed by atoms with E-state index >= 15 is 0 Å². The van der Waals surface area contributed by atoms with Gasteiger partial charge < -0.3 is 10.4 Å². The van der Waals surface area contributed by atoms with Crippen molar-refractivity contribution in [2.45, 2.75) is 26.3 Å². The molecule has 0 unspecified atom stereocenters. The van der Waals surface area contributed by atoms with E-state index in [4.69, 9.17) is 5.11 Å². The second-order valence-corrected chi connectivity index (χ2v) is 6.43. The maximum Gasteiger partial charge on any atom is 0.261 e. The van der Waals surface area contributed by atoms with Gasteiger partial charge in [0.2, 0.25) is 0 Å². The van der Waals surface area contributed by atoms with Crippen LogP contribution in [0.3, 0.4) is 0 Å². The summed E-state index contributed by atoms with van der Waals surface area (Å²) in [7, 11) is 0. The molecule has 0 aliphatic carbocycles. The minimum Gasteiger partial charge on any atom is -0.394 e. The number of amides is 1. The Kier molecular flexibility index (Phi) is 3.92. The van der Waals surface area contributed by atoms with Crippen molar-refractivity contribution in [3.63, 3.8) is 0 Å². The molecule has 0 aromatic carbocycles. The second-order valence-electron chi connectivity index (χ2n) is 4.06. The predicted octanol–water partition coefficient (Wildman–Crippen LogP) is 2.32. The zero-order valence-electron chi connectivity index (χ0n) is 8.93. The van der Waals surface area contributed by atoms with Crippen LogP contribution in [0.4, 0.5) is 0 Å². The van der Waals surface area contributed by atoms with Gasteiger partial charge in [0.1, 0.15) is 0 Å². The van der Waals surface area contributed by atoms with E-state index in [9.17, 15) is 4.79 Å². The summed E-state index contributed by atoms with van der Waals surface area (Å²) in [5.74, 6) is -0.146. The number of nitrogens with one attached hydrogen (secondary N) is 1. The Bertz CT molecular complexity index is 354. The average Bonchev–Trinajstić information content (AvgIpc) is 2.47. The van der Waals surface area contributed by atoms with Gasteiger partial charge in [-0.1, -0.05) is 0 Å². The summed E-state index contributed by atoms with van der Waals surface area (Å²) in [6, 6.07) is 1.83. The van der Waals surface area contributed by atoms with Crippen LogP contribution >= 0.6 is 27.3 Å². The minimum atomic E-state index is -0.582. The number of carbonyl (C=O) groups excluding carboxylic acids is 1. The summed E-state index contributed by atoms with van der Waals surface area (Å²) in [5.41, 5.74) is 0.466. The average molecular weight is 292 g/mol.